The number of pyridine rings is 1. The number of nitriles is 1. The Balaban J connectivity index is 2.31. The highest BCUT2D eigenvalue weighted by atomic mass is 35.5. The number of benzene rings is 1. The number of hydrogen-bond donors (Lipinski definition) is 1. The molecule has 2 rings (SSSR count). The molecule has 1 amide bonds. The zero-order valence-electron chi connectivity index (χ0n) is 10.8. The van der Waals surface area contributed by atoms with Gasteiger partial charge in [-0.25, -0.2) is 4.98 Å². The first-order valence-electron chi connectivity index (χ1n) is 5.90. The highest BCUT2D eigenvalue weighted by Crippen LogP contribution is 2.30. The molecule has 0 bridgehead atoms. The number of hydrogen-bond acceptors (Lipinski definition) is 3. The van der Waals surface area contributed by atoms with E-state index >= 15 is 0 Å². The van der Waals surface area contributed by atoms with Crippen LogP contribution >= 0.6 is 46.4 Å². The van der Waals surface area contributed by atoms with E-state index in [9.17, 15) is 10.1 Å². The first kappa shape index (κ1) is 16.9. The van der Waals surface area contributed by atoms with Crippen LogP contribution in [0.5, 0.6) is 0 Å². The van der Waals surface area contributed by atoms with Crippen LogP contribution in [0.2, 0.25) is 20.4 Å². The maximum Gasteiger partial charge on any atom is 0.252 e. The monoisotopic (exact) mass is 373 g/mol. The standard InChI is InChI=1S/C14H7Cl4N3O/c15-8-2-1-3-9(16)13(8)10(6-19)20-14(22)7-4-11(17)21-12(18)5-7/h1-5,10H,(H,20,22). The molecule has 1 atom stereocenters. The lowest BCUT2D eigenvalue weighted by Crippen LogP contribution is -2.28. The van der Waals surface area contributed by atoms with Crippen molar-refractivity contribution in [1.29, 1.82) is 5.26 Å². The first-order chi connectivity index (χ1) is 10.4. The molecule has 0 spiro atoms. The molecule has 1 unspecified atom stereocenters. The molecule has 1 aromatic heterocycles. The Kier molecular flexibility index (Phi) is 5.49. The Morgan fingerprint density at radius 2 is 1.68 bits per heavy atom. The van der Waals surface area contributed by atoms with Crippen molar-refractivity contribution in [3.05, 3.63) is 61.8 Å². The van der Waals surface area contributed by atoms with E-state index in [1.807, 2.05) is 6.07 Å². The molecule has 1 N–H and O–H groups in total. The first-order valence-corrected chi connectivity index (χ1v) is 7.41. The van der Waals surface area contributed by atoms with Gasteiger partial charge in [-0.1, -0.05) is 52.5 Å². The van der Waals surface area contributed by atoms with E-state index in [-0.39, 0.29) is 25.9 Å². The normalized spacial score (nSPS) is 11.6. The third-order valence-electron chi connectivity index (χ3n) is 2.72. The van der Waals surface area contributed by atoms with Crippen LogP contribution in [0, 0.1) is 11.3 Å². The minimum Gasteiger partial charge on any atom is -0.332 e. The second-order valence-electron chi connectivity index (χ2n) is 4.17. The molecule has 0 radical (unpaired) electrons. The maximum atomic E-state index is 12.2. The van der Waals surface area contributed by atoms with Gasteiger partial charge < -0.3 is 5.32 Å². The summed E-state index contributed by atoms with van der Waals surface area (Å²) in [4.78, 5) is 16.0. The van der Waals surface area contributed by atoms with Gasteiger partial charge in [0.15, 0.2) is 0 Å². The van der Waals surface area contributed by atoms with E-state index in [0.29, 0.717) is 5.56 Å². The number of aromatic nitrogens is 1. The summed E-state index contributed by atoms with van der Waals surface area (Å²) in [7, 11) is 0. The molecule has 8 heteroatoms. The van der Waals surface area contributed by atoms with Crippen molar-refractivity contribution >= 4 is 52.3 Å². The van der Waals surface area contributed by atoms with E-state index in [1.165, 1.54) is 12.1 Å². The van der Waals surface area contributed by atoms with E-state index in [4.69, 9.17) is 46.4 Å². The SMILES string of the molecule is N#CC(NC(=O)c1cc(Cl)nc(Cl)c1)c1c(Cl)cccc1Cl. The van der Waals surface area contributed by atoms with Gasteiger partial charge in [0.05, 0.1) is 6.07 Å². The largest absolute Gasteiger partial charge is 0.332 e. The molecule has 0 aliphatic heterocycles. The molecule has 112 valence electrons. The number of carbonyl (C=O) groups excluding carboxylic acids is 1. The van der Waals surface area contributed by atoms with Crippen molar-refractivity contribution in [2.45, 2.75) is 6.04 Å². The summed E-state index contributed by atoms with van der Waals surface area (Å²) in [5, 5.41) is 12.5. The van der Waals surface area contributed by atoms with E-state index in [2.05, 4.69) is 10.3 Å². The summed E-state index contributed by atoms with van der Waals surface area (Å²) in [5.41, 5.74) is 0.501. The van der Waals surface area contributed by atoms with Crippen LogP contribution in [0.3, 0.4) is 0 Å². The molecule has 4 nitrogen and oxygen atoms in total. The fraction of sp³-hybridized carbons (Fsp3) is 0.0714. The fourth-order valence-corrected chi connectivity index (χ4v) is 2.84. The highest BCUT2D eigenvalue weighted by Gasteiger charge is 2.21. The summed E-state index contributed by atoms with van der Waals surface area (Å²) in [6.07, 6.45) is 0. The van der Waals surface area contributed by atoms with Crippen molar-refractivity contribution in [3.63, 3.8) is 0 Å². The van der Waals surface area contributed by atoms with Crippen molar-refractivity contribution in [2.24, 2.45) is 0 Å². The van der Waals surface area contributed by atoms with E-state index < -0.39 is 11.9 Å². The van der Waals surface area contributed by atoms with Crippen molar-refractivity contribution in [3.8, 4) is 6.07 Å². The molecule has 2 aromatic rings. The minimum absolute atomic E-state index is 0.0712. The van der Waals surface area contributed by atoms with Gasteiger partial charge in [0, 0.05) is 21.2 Å². The van der Waals surface area contributed by atoms with Gasteiger partial charge in [-0.05, 0) is 24.3 Å². The molecule has 1 aromatic carbocycles. The second-order valence-corrected chi connectivity index (χ2v) is 5.76. The third-order valence-corrected chi connectivity index (χ3v) is 3.76. The molecule has 0 aliphatic rings. The van der Waals surface area contributed by atoms with Crippen LogP contribution in [-0.2, 0) is 0 Å². The zero-order valence-corrected chi connectivity index (χ0v) is 13.8. The lowest BCUT2D eigenvalue weighted by molar-refractivity contribution is 0.0945. The Hall–Kier alpha value is -1.51. The summed E-state index contributed by atoms with van der Waals surface area (Å²) >= 11 is 23.6. The molecule has 1 heterocycles. The van der Waals surface area contributed by atoms with Crippen LogP contribution in [0.4, 0.5) is 0 Å². The van der Waals surface area contributed by atoms with Crippen molar-refractivity contribution < 1.29 is 4.79 Å². The smallest absolute Gasteiger partial charge is 0.252 e. The molecule has 0 saturated heterocycles. The predicted molar refractivity (Wildman–Crippen MR) is 86.5 cm³/mol. The second kappa shape index (κ2) is 7.17. The Morgan fingerprint density at radius 3 is 2.18 bits per heavy atom. The van der Waals surface area contributed by atoms with Gasteiger partial charge in [-0.15, -0.1) is 0 Å². The average molecular weight is 375 g/mol. The van der Waals surface area contributed by atoms with Gasteiger partial charge >= 0.3 is 0 Å². The lowest BCUT2D eigenvalue weighted by atomic mass is 10.1. The summed E-state index contributed by atoms with van der Waals surface area (Å²) in [6, 6.07) is 8.42. The maximum absolute atomic E-state index is 12.2. The van der Waals surface area contributed by atoms with E-state index in [0.717, 1.165) is 0 Å². The van der Waals surface area contributed by atoms with Crippen molar-refractivity contribution in [1.82, 2.24) is 10.3 Å². The molecule has 0 saturated carbocycles. The van der Waals surface area contributed by atoms with Gasteiger partial charge in [-0.2, -0.15) is 5.26 Å². The lowest BCUT2D eigenvalue weighted by Gasteiger charge is -2.15. The number of halogens is 4. The van der Waals surface area contributed by atoms with Crippen molar-refractivity contribution in [2.75, 3.05) is 0 Å². The average Bonchev–Trinajstić information content (AvgIpc) is 2.44. The molecule has 0 aliphatic carbocycles. The number of nitrogens with one attached hydrogen (secondary N) is 1. The van der Waals surface area contributed by atoms with Gasteiger partial charge in [-0.3, -0.25) is 4.79 Å². The fourth-order valence-electron chi connectivity index (χ4n) is 1.77. The summed E-state index contributed by atoms with van der Waals surface area (Å²) < 4.78 is 0. The third kappa shape index (κ3) is 3.82. The summed E-state index contributed by atoms with van der Waals surface area (Å²) in [5.74, 6) is -0.547. The highest BCUT2D eigenvalue weighted by molar-refractivity contribution is 6.36. The van der Waals surface area contributed by atoms with Crippen LogP contribution in [0.25, 0.3) is 0 Å². The van der Waals surface area contributed by atoms with Gasteiger partial charge in [0.25, 0.3) is 5.91 Å². The number of amides is 1. The number of nitrogens with zero attached hydrogens (tertiary/aromatic N) is 2. The van der Waals surface area contributed by atoms with Gasteiger partial charge in [0.1, 0.15) is 16.3 Å². The van der Waals surface area contributed by atoms with Crippen LogP contribution in [0.15, 0.2) is 30.3 Å². The Morgan fingerprint density at radius 1 is 1.14 bits per heavy atom. The Bertz CT molecular complexity index is 733. The zero-order chi connectivity index (χ0) is 16.3. The quantitative estimate of drug-likeness (QED) is 0.792. The minimum atomic E-state index is -1.01. The summed E-state index contributed by atoms with van der Waals surface area (Å²) in [6.45, 7) is 0. The Labute approximate surface area is 146 Å². The molecule has 22 heavy (non-hydrogen) atoms. The number of rotatable bonds is 3. The molecular weight excluding hydrogens is 368 g/mol. The van der Waals surface area contributed by atoms with Crippen LogP contribution in [-0.4, -0.2) is 10.9 Å². The van der Waals surface area contributed by atoms with E-state index in [1.54, 1.807) is 18.2 Å². The predicted octanol–water partition coefficient (Wildman–Crippen LogP) is 4.69. The molecule has 0 fully saturated rings. The number of carbonyl (C=O) groups is 1. The topological polar surface area (TPSA) is 65.8 Å². The molecular formula is C14H7Cl4N3O. The van der Waals surface area contributed by atoms with Crippen LogP contribution in [0.1, 0.15) is 22.0 Å². The van der Waals surface area contributed by atoms with Gasteiger partial charge in [0.2, 0.25) is 0 Å². The van der Waals surface area contributed by atoms with Crippen LogP contribution < -0.4 is 5.32 Å².